The monoisotopic (exact) mass is 348 g/mol. The van der Waals surface area contributed by atoms with E-state index in [9.17, 15) is 9.59 Å². The van der Waals surface area contributed by atoms with E-state index in [1.807, 2.05) is 47.9 Å². The Bertz CT molecular complexity index is 739. The molecule has 0 aromatic heterocycles. The van der Waals surface area contributed by atoms with Crippen molar-refractivity contribution in [2.24, 2.45) is 11.8 Å². The quantitative estimate of drug-likeness (QED) is 0.853. The summed E-state index contributed by atoms with van der Waals surface area (Å²) in [6.45, 7) is 6.36. The van der Waals surface area contributed by atoms with Crippen molar-refractivity contribution < 1.29 is 9.59 Å². The highest BCUT2D eigenvalue weighted by Crippen LogP contribution is 2.29. The van der Waals surface area contributed by atoms with Gasteiger partial charge in [-0.25, -0.2) is 0 Å². The molecule has 4 heteroatoms. The van der Waals surface area contributed by atoms with Gasteiger partial charge in [0.1, 0.15) is 0 Å². The van der Waals surface area contributed by atoms with Crippen LogP contribution >= 0.6 is 0 Å². The minimum absolute atomic E-state index is 0.0683. The summed E-state index contributed by atoms with van der Waals surface area (Å²) >= 11 is 0. The number of amides is 2. The molecule has 4 rings (SSSR count). The number of carbonyl (C=O) groups is 2. The molecule has 0 radical (unpaired) electrons. The van der Waals surface area contributed by atoms with Crippen LogP contribution in [0.25, 0.3) is 0 Å². The highest BCUT2D eigenvalue weighted by Gasteiger charge is 2.35. The molecule has 134 valence electrons. The van der Waals surface area contributed by atoms with Crippen molar-refractivity contribution in [2.45, 2.75) is 40.0 Å². The summed E-state index contributed by atoms with van der Waals surface area (Å²) in [4.78, 5) is 29.6. The normalized spacial score (nSPS) is 17.6. The summed E-state index contributed by atoms with van der Waals surface area (Å²) in [5.41, 5.74) is 4.84. The number of fused-ring (bicyclic) bond motifs is 2. The average molecular weight is 348 g/mol. The molecule has 4 nitrogen and oxygen atoms in total. The van der Waals surface area contributed by atoms with Gasteiger partial charge in [0.2, 0.25) is 11.8 Å². The van der Waals surface area contributed by atoms with E-state index in [0.29, 0.717) is 26.2 Å². The molecule has 2 heterocycles. The molecule has 2 amide bonds. The Kier molecular flexibility index (Phi) is 4.27. The molecule has 0 fully saturated rings. The van der Waals surface area contributed by atoms with E-state index in [2.05, 4.69) is 24.3 Å². The van der Waals surface area contributed by atoms with Crippen molar-refractivity contribution in [1.29, 1.82) is 0 Å². The van der Waals surface area contributed by atoms with Crippen molar-refractivity contribution >= 4 is 11.8 Å². The summed E-state index contributed by atoms with van der Waals surface area (Å²) in [7, 11) is 0. The van der Waals surface area contributed by atoms with Gasteiger partial charge in [0.15, 0.2) is 0 Å². The summed E-state index contributed by atoms with van der Waals surface area (Å²) < 4.78 is 0. The third kappa shape index (κ3) is 2.90. The van der Waals surface area contributed by atoms with E-state index in [4.69, 9.17) is 0 Å². The van der Waals surface area contributed by atoms with Crippen LogP contribution in [0.4, 0.5) is 0 Å². The second kappa shape index (κ2) is 6.60. The van der Waals surface area contributed by atoms with Gasteiger partial charge in [-0.2, -0.15) is 0 Å². The lowest BCUT2D eigenvalue weighted by Crippen LogP contribution is -2.40. The lowest BCUT2D eigenvalue weighted by atomic mass is 9.93. The van der Waals surface area contributed by atoms with Crippen molar-refractivity contribution in [3.8, 4) is 0 Å². The maximum absolute atomic E-state index is 12.9. The van der Waals surface area contributed by atoms with Gasteiger partial charge in [-0.15, -0.1) is 0 Å². The minimum Gasteiger partial charge on any atom is -0.334 e. The van der Waals surface area contributed by atoms with Crippen LogP contribution in [0.15, 0.2) is 48.5 Å². The molecular formula is C22H24N2O2. The summed E-state index contributed by atoms with van der Waals surface area (Å²) in [6.07, 6.45) is 0. The Morgan fingerprint density at radius 3 is 1.19 bits per heavy atom. The maximum atomic E-state index is 12.9. The fraction of sp³-hybridized carbons (Fsp3) is 0.364. The number of hydrogen-bond acceptors (Lipinski definition) is 2. The van der Waals surface area contributed by atoms with E-state index < -0.39 is 0 Å². The zero-order chi connectivity index (χ0) is 18.3. The smallest absolute Gasteiger partial charge is 0.226 e. The minimum atomic E-state index is -0.319. The Morgan fingerprint density at radius 1 is 0.654 bits per heavy atom. The van der Waals surface area contributed by atoms with Gasteiger partial charge in [0, 0.05) is 38.0 Å². The number of carbonyl (C=O) groups excluding carboxylic acids is 2. The number of nitrogens with zero attached hydrogens (tertiary/aromatic N) is 2. The van der Waals surface area contributed by atoms with Crippen LogP contribution in [-0.4, -0.2) is 21.6 Å². The number of benzene rings is 2. The average Bonchev–Trinajstić information content (AvgIpc) is 3.29. The first-order valence-corrected chi connectivity index (χ1v) is 9.25. The molecule has 2 aromatic rings. The second-order valence-corrected chi connectivity index (χ2v) is 7.50. The number of rotatable bonds is 3. The molecule has 2 aliphatic heterocycles. The highest BCUT2D eigenvalue weighted by atomic mass is 16.2. The Hall–Kier alpha value is -2.62. The van der Waals surface area contributed by atoms with E-state index >= 15 is 0 Å². The predicted molar refractivity (Wildman–Crippen MR) is 99.7 cm³/mol. The number of hydrogen-bond donors (Lipinski definition) is 0. The lowest BCUT2D eigenvalue weighted by Gasteiger charge is -2.27. The Labute approximate surface area is 154 Å². The third-order valence-corrected chi connectivity index (χ3v) is 5.83. The van der Waals surface area contributed by atoms with E-state index in [1.54, 1.807) is 0 Å². The van der Waals surface area contributed by atoms with Gasteiger partial charge in [0.25, 0.3) is 0 Å². The highest BCUT2D eigenvalue weighted by molar-refractivity contribution is 5.87. The van der Waals surface area contributed by atoms with Gasteiger partial charge in [0.05, 0.1) is 0 Å². The molecule has 0 bridgehead atoms. The van der Waals surface area contributed by atoms with Crippen molar-refractivity contribution in [1.82, 2.24) is 9.80 Å². The largest absolute Gasteiger partial charge is 0.334 e. The summed E-state index contributed by atoms with van der Waals surface area (Å²) in [5.74, 6) is -0.501. The van der Waals surface area contributed by atoms with Crippen LogP contribution in [0.1, 0.15) is 36.1 Å². The second-order valence-electron chi connectivity index (χ2n) is 7.50. The molecular weight excluding hydrogens is 324 g/mol. The van der Waals surface area contributed by atoms with E-state index in [1.165, 1.54) is 22.3 Å². The van der Waals surface area contributed by atoms with Crippen LogP contribution in [0.5, 0.6) is 0 Å². The molecule has 0 aliphatic carbocycles. The van der Waals surface area contributed by atoms with Gasteiger partial charge >= 0.3 is 0 Å². The molecule has 2 aromatic carbocycles. The predicted octanol–water partition coefficient (Wildman–Crippen LogP) is 3.34. The molecule has 0 saturated carbocycles. The van der Waals surface area contributed by atoms with Gasteiger partial charge in [-0.3, -0.25) is 9.59 Å². The Balaban J connectivity index is 1.41. The fourth-order valence-electron chi connectivity index (χ4n) is 3.98. The zero-order valence-electron chi connectivity index (χ0n) is 15.3. The topological polar surface area (TPSA) is 40.6 Å². The van der Waals surface area contributed by atoms with Crippen LogP contribution in [0, 0.1) is 11.8 Å². The molecule has 2 aliphatic rings. The molecule has 0 N–H and O–H groups in total. The van der Waals surface area contributed by atoms with Crippen molar-refractivity contribution in [3.63, 3.8) is 0 Å². The molecule has 0 spiro atoms. The first kappa shape index (κ1) is 16.8. The first-order chi connectivity index (χ1) is 12.5. The maximum Gasteiger partial charge on any atom is 0.226 e. The van der Waals surface area contributed by atoms with Gasteiger partial charge in [-0.1, -0.05) is 62.4 Å². The van der Waals surface area contributed by atoms with Crippen molar-refractivity contribution in [2.75, 3.05) is 0 Å². The lowest BCUT2D eigenvalue weighted by molar-refractivity contribution is -0.145. The van der Waals surface area contributed by atoms with E-state index in [-0.39, 0.29) is 23.7 Å². The van der Waals surface area contributed by atoms with Crippen molar-refractivity contribution in [3.05, 3.63) is 70.8 Å². The molecule has 26 heavy (non-hydrogen) atoms. The Morgan fingerprint density at radius 2 is 0.923 bits per heavy atom. The summed E-state index contributed by atoms with van der Waals surface area (Å²) in [5, 5.41) is 0. The first-order valence-electron chi connectivity index (χ1n) is 9.25. The fourth-order valence-corrected chi connectivity index (χ4v) is 3.98. The molecule has 2 atom stereocenters. The standard InChI is InChI=1S/C22H24N2O2/c1-15(21(25)23-11-17-7-3-4-8-18(17)12-23)16(2)22(26)24-13-19-9-5-6-10-20(19)14-24/h3-10,15-16H,11-14H2,1-2H3/t15-,16-/m1/s1. The summed E-state index contributed by atoms with van der Waals surface area (Å²) in [6, 6.07) is 16.3. The molecule has 0 saturated heterocycles. The van der Waals surface area contributed by atoms with Crippen LogP contribution in [0.3, 0.4) is 0 Å². The van der Waals surface area contributed by atoms with E-state index in [0.717, 1.165) is 0 Å². The SMILES string of the molecule is C[C@@H](C(=O)N1Cc2ccccc2C1)[C@@H](C)C(=O)N1Cc2ccccc2C1. The van der Waals surface area contributed by atoms with Crippen LogP contribution in [-0.2, 0) is 35.8 Å². The van der Waals surface area contributed by atoms with Gasteiger partial charge < -0.3 is 9.80 Å². The molecule has 0 unspecified atom stereocenters. The van der Waals surface area contributed by atoms with Crippen LogP contribution < -0.4 is 0 Å². The zero-order valence-corrected chi connectivity index (χ0v) is 15.3. The van der Waals surface area contributed by atoms with Gasteiger partial charge in [-0.05, 0) is 22.3 Å². The van der Waals surface area contributed by atoms with Crippen LogP contribution in [0.2, 0.25) is 0 Å². The third-order valence-electron chi connectivity index (χ3n) is 5.83.